The van der Waals surface area contributed by atoms with Crippen LogP contribution in [-0.2, 0) is 14.2 Å². The average Bonchev–Trinajstić information content (AvgIpc) is 3.40. The van der Waals surface area contributed by atoms with Crippen molar-refractivity contribution in [1.82, 2.24) is 41.0 Å². The van der Waals surface area contributed by atoms with Crippen LogP contribution in [0.2, 0.25) is 0 Å². The van der Waals surface area contributed by atoms with E-state index in [-0.39, 0.29) is 98.8 Å². The Morgan fingerprint density at radius 1 is 0.684 bits per heavy atom. The Kier molecular flexibility index (Phi) is 80.0. The van der Waals surface area contributed by atoms with E-state index >= 15 is 0 Å². The van der Waals surface area contributed by atoms with Gasteiger partial charge in [-0.05, 0) is 86.5 Å². The van der Waals surface area contributed by atoms with Gasteiger partial charge in [0.1, 0.15) is 11.7 Å². The SMILES string of the molecule is C.C.C.CI.CN=C(C)N(C)C(=O)OC.CN=C(C)N(C)C(=O)OC.CN=C(NC)Nc1ccc2cccnc2c1C.CN=C(NC)SC.CNC(=S)NC.COC(=O)Cl.Cc1c(N)ccc2cccnc12.O.S.S.[Ac]. The van der Waals surface area contributed by atoms with E-state index in [1.165, 1.54) is 31.1 Å². The average molecular weight is 1490 g/mol. The molecule has 76 heavy (non-hydrogen) atoms. The summed E-state index contributed by atoms with van der Waals surface area (Å²) in [6.07, 6.45) is 4.78. The number of benzene rings is 2. The fourth-order valence-electron chi connectivity index (χ4n) is 4.36. The van der Waals surface area contributed by atoms with Gasteiger partial charge in [-0.15, -0.1) is 0 Å². The van der Waals surface area contributed by atoms with Crippen LogP contribution in [0, 0.1) is 57.9 Å². The Morgan fingerprint density at radius 2 is 1.07 bits per heavy atom. The summed E-state index contributed by atoms with van der Waals surface area (Å²) in [5.41, 5.74) is 11.0. The first-order valence-electron chi connectivity index (χ1n) is 20.3. The Labute approximate surface area is 533 Å². The predicted molar refractivity (Wildman–Crippen MR) is 351 cm³/mol. The molecule has 9 N–H and O–H groups in total. The number of halogens is 2. The molecule has 2 heterocycles. The van der Waals surface area contributed by atoms with Gasteiger partial charge in [0.15, 0.2) is 16.2 Å². The van der Waals surface area contributed by atoms with Crippen molar-refractivity contribution in [2.75, 3.05) is 114 Å². The summed E-state index contributed by atoms with van der Waals surface area (Å²) in [4.78, 5) is 59.7. The third-order valence-corrected chi connectivity index (χ3v) is 9.89. The molecule has 21 nitrogen and oxygen atoms in total. The van der Waals surface area contributed by atoms with Crippen LogP contribution < -0.4 is 32.3 Å². The number of pyridine rings is 2. The molecule has 1 radical (unpaired) electrons. The van der Waals surface area contributed by atoms with Crippen LogP contribution in [0.25, 0.3) is 21.8 Å². The molecule has 0 aliphatic rings. The number of aryl methyl sites for hydroxylation is 2. The number of carbonyl (C=O) groups is 3. The second-order valence-corrected chi connectivity index (χ2v) is 14.0. The van der Waals surface area contributed by atoms with Crippen molar-refractivity contribution in [3.8, 4) is 0 Å². The van der Waals surface area contributed by atoms with E-state index in [1.807, 2.05) is 74.8 Å². The molecule has 28 heteroatoms. The third-order valence-electron chi connectivity index (χ3n) is 8.55. The van der Waals surface area contributed by atoms with Crippen molar-refractivity contribution >= 4 is 164 Å². The van der Waals surface area contributed by atoms with Crippen molar-refractivity contribution in [1.29, 1.82) is 0 Å². The summed E-state index contributed by atoms with van der Waals surface area (Å²) in [6, 6.07) is 16.0. The number of rotatable bonds is 1. The number of hydrogen-bond donors (Lipinski definition) is 6. The number of fused-ring (bicyclic) bond motifs is 2. The van der Waals surface area contributed by atoms with Gasteiger partial charge in [-0.1, -0.05) is 80.9 Å². The molecule has 2 aromatic heterocycles. The summed E-state index contributed by atoms with van der Waals surface area (Å²) in [7, 11) is 21.1. The zero-order chi connectivity index (χ0) is 54.1. The zero-order valence-corrected chi connectivity index (χ0v) is 56.8. The summed E-state index contributed by atoms with van der Waals surface area (Å²) >= 11 is 13.0. The monoisotopic (exact) mass is 1490 g/mol. The van der Waals surface area contributed by atoms with Crippen molar-refractivity contribution in [2.24, 2.45) is 20.0 Å². The largest absolute Gasteiger partial charge is 0.457 e. The molecule has 0 spiro atoms. The van der Waals surface area contributed by atoms with E-state index < -0.39 is 17.6 Å². The number of thioether (sulfide) groups is 1. The maximum absolute atomic E-state index is 10.7. The van der Waals surface area contributed by atoms with Gasteiger partial charge >= 0.3 is 17.6 Å². The molecule has 0 fully saturated rings. The van der Waals surface area contributed by atoms with Gasteiger partial charge in [0, 0.05) is 161 Å². The summed E-state index contributed by atoms with van der Waals surface area (Å²) in [5.74, 6) is 2.00. The number of aromatic nitrogens is 2. The minimum absolute atomic E-state index is 0. The van der Waals surface area contributed by atoms with Crippen LogP contribution in [0.4, 0.5) is 25.8 Å². The summed E-state index contributed by atoms with van der Waals surface area (Å²) < 4.78 is 12.8. The van der Waals surface area contributed by atoms with Crippen LogP contribution in [0.15, 0.2) is 80.9 Å². The normalized spacial score (nSPS) is 9.28. The van der Waals surface area contributed by atoms with E-state index in [2.05, 4.69) is 136 Å². The first kappa shape index (κ1) is 97.8. The van der Waals surface area contributed by atoms with Gasteiger partial charge in [-0.25, -0.2) is 14.4 Å². The van der Waals surface area contributed by atoms with Gasteiger partial charge in [0.2, 0.25) is 0 Å². The van der Waals surface area contributed by atoms with Gasteiger partial charge in [-0.3, -0.25) is 39.7 Å². The molecular formula is C48H92AcClIN14O7S4. The molecule has 0 atom stereocenters. The number of nitrogens with one attached hydrogen (secondary N) is 5. The van der Waals surface area contributed by atoms with Crippen LogP contribution >= 0.6 is 85.2 Å². The number of methoxy groups -OCH3 is 3. The molecule has 0 unspecified atom stereocenters. The number of amides is 2. The second kappa shape index (κ2) is 62.2. The molecule has 437 valence electrons. The van der Waals surface area contributed by atoms with Crippen LogP contribution in [-0.4, -0.2) is 174 Å². The molecule has 2 amide bonds. The molecule has 4 rings (SSSR count). The first-order valence-corrected chi connectivity index (χ1v) is 24.5. The van der Waals surface area contributed by atoms with E-state index in [0.717, 1.165) is 55.4 Å². The number of amidine groups is 3. The minimum atomic E-state index is -0.773. The number of hydrogen-bond acceptors (Lipinski definition) is 15. The molecule has 0 saturated carbocycles. The van der Waals surface area contributed by atoms with Crippen LogP contribution in [0.3, 0.4) is 0 Å². The Balaban J connectivity index is -0.0000000729. The maximum Gasteiger partial charge on any atom is 0.414 e. The molecule has 0 bridgehead atoms. The van der Waals surface area contributed by atoms with Gasteiger partial charge in [-0.2, -0.15) is 27.0 Å². The molecule has 4 aromatic rings. The maximum atomic E-state index is 10.7. The number of anilines is 2. The molecular weight excluding hydrogens is 1400 g/mol. The van der Waals surface area contributed by atoms with Crippen LogP contribution in [0.5, 0.6) is 0 Å². The number of nitrogen functional groups attached to an aromatic ring is 1. The molecule has 0 aliphatic carbocycles. The quantitative estimate of drug-likeness (QED) is 0.0151. The Hall–Kier alpha value is -3.69. The molecule has 2 aromatic carbocycles. The topological polar surface area (TPSA) is 278 Å². The number of alkyl halides is 1. The second-order valence-electron chi connectivity index (χ2n) is 12.5. The molecule has 0 saturated heterocycles. The van der Waals surface area contributed by atoms with E-state index in [4.69, 9.17) is 5.73 Å². The minimum Gasteiger partial charge on any atom is -0.457 e. The Morgan fingerprint density at radius 3 is 1.33 bits per heavy atom. The van der Waals surface area contributed by atoms with Crippen molar-refractivity contribution < 1.29 is 78.1 Å². The van der Waals surface area contributed by atoms with Crippen molar-refractivity contribution in [3.63, 3.8) is 0 Å². The summed E-state index contributed by atoms with van der Waals surface area (Å²) in [5, 5.41) is 18.6. The molecule has 0 aliphatic heterocycles. The van der Waals surface area contributed by atoms with E-state index in [1.54, 1.807) is 88.2 Å². The fourth-order valence-corrected chi connectivity index (χ4v) is 4.75. The van der Waals surface area contributed by atoms with Gasteiger partial charge < -0.3 is 52.0 Å². The first-order chi connectivity index (χ1) is 32.7. The number of guanidine groups is 1. The predicted octanol–water partition coefficient (Wildman–Crippen LogP) is 9.37. The van der Waals surface area contributed by atoms with E-state index in [9.17, 15) is 14.4 Å². The van der Waals surface area contributed by atoms with Crippen molar-refractivity contribution in [2.45, 2.75) is 50.0 Å². The van der Waals surface area contributed by atoms with Gasteiger partial charge in [0.25, 0.3) is 0 Å². The Bertz CT molecular complexity index is 2210. The number of ether oxygens (including phenoxy) is 3. The number of nitrogens with zero attached hydrogens (tertiary/aromatic N) is 8. The smallest absolute Gasteiger partial charge is 0.414 e. The third kappa shape index (κ3) is 43.3. The number of thiocarbonyl (C=S) groups is 1. The zero-order valence-electron chi connectivity index (χ0n) is 45.5. The summed E-state index contributed by atoms with van der Waals surface area (Å²) in [6.45, 7) is 7.51. The number of nitrogens with two attached hydrogens (primary N) is 1. The van der Waals surface area contributed by atoms with Crippen molar-refractivity contribution in [3.05, 3.63) is 72.1 Å². The fraction of sp³-hybridized carbons (Fsp3) is 0.458. The number of carbonyl (C=O) groups excluding carboxylic acids is 3. The standard InChI is InChI=1S/C13H16N4.C10H10N2.2C6H12N2O2.C4H10N2S.C3H8N2S.C2H3ClO2.CH3I.3CH4.Ac.H2O.2H2S/c1-9-11(17-13(14-2)15-3)7-6-10-5-4-8-16-12(9)10;1-7-9(11)5-4-8-3-2-6-12-10(7)8;2*1-5(7-2)8(3)6(9)10-4;1-5-4(6-2)7-3;1-4-3(6)5-2;1-5-2(3)4;1-2;;;;;;;/h4-8H,1-3H3,(H2,14,15,17);2-6H,11H2,1H3;2*1-4H3;1-3H3,(H,5,6);1-2H3,(H2,4,5,6);1H3;1H3;3*1H4;;3*1H2. The van der Waals surface area contributed by atoms with Gasteiger partial charge in [0.05, 0.1) is 32.4 Å². The van der Waals surface area contributed by atoms with E-state index in [0.29, 0.717) is 16.8 Å². The number of aliphatic imine (C=N–C) groups is 4. The van der Waals surface area contributed by atoms with Crippen LogP contribution in [0.1, 0.15) is 47.3 Å².